The highest BCUT2D eigenvalue weighted by Gasteiger charge is 2.00. The monoisotopic (exact) mass is 281 g/mol. The van der Waals surface area contributed by atoms with Crippen LogP contribution in [-0.2, 0) is 0 Å². The minimum atomic E-state index is 0.561. The molecule has 0 atom stereocenters. The second-order valence-corrected chi connectivity index (χ2v) is 4.30. The smallest absolute Gasteiger partial charge is 0.158 e. The zero-order valence-corrected chi connectivity index (χ0v) is 11.4. The average molecular weight is 281 g/mol. The molecule has 0 aliphatic rings. The van der Waals surface area contributed by atoms with E-state index in [4.69, 9.17) is 4.74 Å². The van der Waals surface area contributed by atoms with E-state index in [2.05, 4.69) is 20.4 Å². The minimum absolute atomic E-state index is 0.561. The molecule has 2 aromatic heterocycles. The summed E-state index contributed by atoms with van der Waals surface area (Å²) >= 11 is 0. The number of nitrogens with zero attached hydrogens (tertiary/aromatic N) is 4. The van der Waals surface area contributed by atoms with Crippen LogP contribution in [0.5, 0.6) is 5.75 Å². The number of rotatable bonds is 6. The van der Waals surface area contributed by atoms with E-state index in [1.165, 1.54) is 6.33 Å². The zero-order valence-electron chi connectivity index (χ0n) is 11.4. The molecule has 3 rings (SSSR count). The molecule has 0 bridgehead atoms. The summed E-state index contributed by atoms with van der Waals surface area (Å²) in [7, 11) is 0. The van der Waals surface area contributed by atoms with Crippen molar-refractivity contribution in [1.82, 2.24) is 19.7 Å². The average Bonchev–Trinajstić information content (AvgIpc) is 3.07. The highest BCUT2D eigenvalue weighted by atomic mass is 16.5. The van der Waals surface area contributed by atoms with E-state index >= 15 is 0 Å². The molecule has 0 radical (unpaired) electrons. The van der Waals surface area contributed by atoms with Crippen LogP contribution in [0.25, 0.3) is 5.82 Å². The summed E-state index contributed by atoms with van der Waals surface area (Å²) in [6.45, 7) is 1.22. The summed E-state index contributed by atoms with van der Waals surface area (Å²) in [5.74, 6) is 2.33. The van der Waals surface area contributed by atoms with E-state index in [-0.39, 0.29) is 0 Å². The maximum Gasteiger partial charge on any atom is 0.158 e. The Hall–Kier alpha value is -2.89. The summed E-state index contributed by atoms with van der Waals surface area (Å²) in [6.07, 6.45) is 5.06. The van der Waals surface area contributed by atoms with Gasteiger partial charge in [0, 0.05) is 18.5 Å². The van der Waals surface area contributed by atoms with Crippen LogP contribution in [0.4, 0.5) is 5.82 Å². The second-order valence-electron chi connectivity index (χ2n) is 4.30. The molecule has 0 unspecified atom stereocenters. The molecule has 2 heterocycles. The molecule has 1 aromatic carbocycles. The van der Waals surface area contributed by atoms with Gasteiger partial charge in [0.25, 0.3) is 0 Å². The van der Waals surface area contributed by atoms with Crippen LogP contribution in [0, 0.1) is 0 Å². The Bertz CT molecular complexity index is 670. The Morgan fingerprint density at radius 3 is 2.81 bits per heavy atom. The largest absolute Gasteiger partial charge is 0.492 e. The van der Waals surface area contributed by atoms with Crippen LogP contribution in [0.3, 0.4) is 0 Å². The van der Waals surface area contributed by atoms with Gasteiger partial charge in [-0.2, -0.15) is 5.10 Å². The number of aromatic nitrogens is 4. The van der Waals surface area contributed by atoms with Gasteiger partial charge in [-0.25, -0.2) is 14.6 Å². The predicted octanol–water partition coefficient (Wildman–Crippen LogP) is 2.15. The lowest BCUT2D eigenvalue weighted by molar-refractivity contribution is 0.333. The molecule has 1 N–H and O–H groups in total. The van der Waals surface area contributed by atoms with Crippen molar-refractivity contribution >= 4 is 5.82 Å². The highest BCUT2D eigenvalue weighted by Crippen LogP contribution is 2.09. The van der Waals surface area contributed by atoms with Gasteiger partial charge < -0.3 is 10.1 Å². The predicted molar refractivity (Wildman–Crippen MR) is 79.6 cm³/mol. The van der Waals surface area contributed by atoms with Gasteiger partial charge in [-0.1, -0.05) is 18.2 Å². The van der Waals surface area contributed by atoms with E-state index in [1.807, 2.05) is 48.7 Å². The number of anilines is 1. The molecule has 106 valence electrons. The molecule has 0 amide bonds. The Morgan fingerprint density at radius 2 is 2.00 bits per heavy atom. The maximum atomic E-state index is 5.61. The summed E-state index contributed by atoms with van der Waals surface area (Å²) in [5.41, 5.74) is 0. The third-order valence-corrected chi connectivity index (χ3v) is 2.81. The van der Waals surface area contributed by atoms with E-state index in [0.717, 1.165) is 17.4 Å². The van der Waals surface area contributed by atoms with Gasteiger partial charge in [0.1, 0.15) is 24.5 Å². The van der Waals surface area contributed by atoms with Crippen molar-refractivity contribution in [2.75, 3.05) is 18.5 Å². The molecular weight excluding hydrogens is 266 g/mol. The zero-order chi connectivity index (χ0) is 14.3. The Kier molecular flexibility index (Phi) is 4.07. The number of hydrogen-bond acceptors (Lipinski definition) is 5. The van der Waals surface area contributed by atoms with Gasteiger partial charge in [-0.3, -0.25) is 0 Å². The second kappa shape index (κ2) is 6.51. The van der Waals surface area contributed by atoms with Gasteiger partial charge in [0.05, 0.1) is 6.54 Å². The van der Waals surface area contributed by atoms with Gasteiger partial charge >= 0.3 is 0 Å². The molecule has 21 heavy (non-hydrogen) atoms. The fourth-order valence-corrected chi connectivity index (χ4v) is 1.84. The fourth-order valence-electron chi connectivity index (χ4n) is 1.84. The Labute approximate surface area is 122 Å². The molecule has 0 saturated heterocycles. The third kappa shape index (κ3) is 3.56. The number of ether oxygens (including phenoxy) is 1. The van der Waals surface area contributed by atoms with E-state index < -0.39 is 0 Å². The van der Waals surface area contributed by atoms with Crippen LogP contribution in [0.1, 0.15) is 0 Å². The first kappa shape index (κ1) is 13.1. The van der Waals surface area contributed by atoms with Crippen molar-refractivity contribution < 1.29 is 4.74 Å². The van der Waals surface area contributed by atoms with Crippen molar-refractivity contribution in [3.8, 4) is 11.6 Å². The lowest BCUT2D eigenvalue weighted by Crippen LogP contribution is -2.13. The standard InChI is InChI=1S/C15H15N5O/c1-2-5-13(6-3-1)21-10-8-16-14-11-15(18-12-17-14)20-9-4-7-19-20/h1-7,9,11-12H,8,10H2,(H,16,17,18). The SMILES string of the molecule is c1ccc(OCCNc2cc(-n3cccn3)ncn2)cc1. The van der Waals surface area contributed by atoms with Crippen LogP contribution in [0.2, 0.25) is 0 Å². The van der Waals surface area contributed by atoms with Crippen molar-refractivity contribution in [3.05, 3.63) is 61.2 Å². The van der Waals surface area contributed by atoms with E-state index in [0.29, 0.717) is 13.2 Å². The van der Waals surface area contributed by atoms with Crippen molar-refractivity contribution in [3.63, 3.8) is 0 Å². The normalized spacial score (nSPS) is 10.3. The first-order valence-corrected chi connectivity index (χ1v) is 6.65. The molecule has 3 aromatic rings. The Morgan fingerprint density at radius 1 is 1.10 bits per heavy atom. The molecule has 0 fully saturated rings. The fraction of sp³-hybridized carbons (Fsp3) is 0.133. The third-order valence-electron chi connectivity index (χ3n) is 2.81. The van der Waals surface area contributed by atoms with Crippen LogP contribution in [-0.4, -0.2) is 32.9 Å². The molecule has 0 spiro atoms. The lowest BCUT2D eigenvalue weighted by Gasteiger charge is -2.08. The van der Waals surface area contributed by atoms with E-state index in [9.17, 15) is 0 Å². The molecule has 0 aliphatic carbocycles. The summed E-state index contributed by atoms with van der Waals surface area (Å²) in [6, 6.07) is 13.4. The van der Waals surface area contributed by atoms with Gasteiger partial charge in [-0.05, 0) is 18.2 Å². The van der Waals surface area contributed by atoms with Gasteiger partial charge in [0.15, 0.2) is 5.82 Å². The first-order valence-electron chi connectivity index (χ1n) is 6.65. The molecule has 0 saturated carbocycles. The molecule has 0 aliphatic heterocycles. The van der Waals surface area contributed by atoms with Crippen LogP contribution in [0.15, 0.2) is 61.2 Å². The lowest BCUT2D eigenvalue weighted by atomic mass is 10.3. The number of para-hydroxylation sites is 1. The van der Waals surface area contributed by atoms with Crippen molar-refractivity contribution in [1.29, 1.82) is 0 Å². The van der Waals surface area contributed by atoms with Crippen LogP contribution < -0.4 is 10.1 Å². The van der Waals surface area contributed by atoms with Gasteiger partial charge in [0.2, 0.25) is 0 Å². The molecular formula is C15H15N5O. The maximum absolute atomic E-state index is 5.61. The van der Waals surface area contributed by atoms with E-state index in [1.54, 1.807) is 10.9 Å². The number of hydrogen-bond donors (Lipinski definition) is 1. The highest BCUT2D eigenvalue weighted by molar-refractivity contribution is 5.39. The number of nitrogens with one attached hydrogen (secondary N) is 1. The van der Waals surface area contributed by atoms with Crippen molar-refractivity contribution in [2.45, 2.75) is 0 Å². The topological polar surface area (TPSA) is 64.9 Å². The van der Waals surface area contributed by atoms with Crippen molar-refractivity contribution in [2.24, 2.45) is 0 Å². The minimum Gasteiger partial charge on any atom is -0.492 e. The summed E-state index contributed by atoms with van der Waals surface area (Å²) in [5, 5.41) is 7.34. The molecule has 6 heteroatoms. The molecule has 6 nitrogen and oxygen atoms in total. The number of benzene rings is 1. The quantitative estimate of drug-likeness (QED) is 0.701. The van der Waals surface area contributed by atoms with Gasteiger partial charge in [-0.15, -0.1) is 0 Å². The first-order chi connectivity index (χ1) is 10.4. The summed E-state index contributed by atoms with van der Waals surface area (Å²) < 4.78 is 7.29. The summed E-state index contributed by atoms with van der Waals surface area (Å²) in [4.78, 5) is 8.35. The Balaban J connectivity index is 1.53. The van der Waals surface area contributed by atoms with Crippen LogP contribution >= 0.6 is 0 Å².